The van der Waals surface area contributed by atoms with E-state index in [9.17, 15) is 30.0 Å². The van der Waals surface area contributed by atoms with Crippen LogP contribution in [0, 0.1) is 0 Å². The second-order valence-electron chi connectivity index (χ2n) is 6.07. The minimum atomic E-state index is -5.59. The average Bonchev–Trinajstić information content (AvgIpc) is 3.27. The summed E-state index contributed by atoms with van der Waals surface area (Å²) in [5, 5.41) is 3.65. The van der Waals surface area contributed by atoms with E-state index in [0.29, 0.717) is 6.07 Å². The summed E-state index contributed by atoms with van der Waals surface area (Å²) >= 11 is 0. The molecule has 0 saturated heterocycles. The summed E-state index contributed by atoms with van der Waals surface area (Å²) in [7, 11) is -9.43. The molecule has 0 N–H and O–H groups in total. The van der Waals surface area contributed by atoms with Gasteiger partial charge in [0.1, 0.15) is 11.1 Å². The molecule has 30 heavy (non-hydrogen) atoms. The van der Waals surface area contributed by atoms with Crippen LogP contribution in [0.15, 0.2) is 51.0 Å². The largest absolute Gasteiger partial charge is 0.501 e. The van der Waals surface area contributed by atoms with E-state index in [1.54, 1.807) is 0 Å². The van der Waals surface area contributed by atoms with Gasteiger partial charge in [0.15, 0.2) is 26.1 Å². The summed E-state index contributed by atoms with van der Waals surface area (Å²) in [6.45, 7) is 1.41. The zero-order valence-electron chi connectivity index (χ0n) is 15.0. The highest BCUT2D eigenvalue weighted by Gasteiger charge is 2.47. The number of rotatable bonds is 4. The lowest BCUT2D eigenvalue weighted by atomic mass is 10.3. The van der Waals surface area contributed by atoms with Crippen LogP contribution >= 0.6 is 0 Å². The predicted molar refractivity (Wildman–Crippen MR) is 97.0 cm³/mol. The van der Waals surface area contributed by atoms with Crippen LogP contribution in [0.1, 0.15) is 6.92 Å². The molecule has 0 atom stereocenters. The van der Waals surface area contributed by atoms with Crippen molar-refractivity contribution in [2.75, 3.05) is 5.75 Å². The zero-order chi connectivity index (χ0) is 21.9. The molecule has 0 bridgehead atoms. The van der Waals surface area contributed by atoms with Gasteiger partial charge in [-0.15, -0.1) is 0 Å². The first-order chi connectivity index (χ1) is 14.0. The fourth-order valence-electron chi connectivity index (χ4n) is 2.72. The first-order valence-electron chi connectivity index (χ1n) is 8.24. The van der Waals surface area contributed by atoms with Gasteiger partial charge in [-0.05, 0) is 24.3 Å². The van der Waals surface area contributed by atoms with Crippen LogP contribution in [-0.4, -0.2) is 47.7 Å². The van der Waals surface area contributed by atoms with Gasteiger partial charge in [0, 0.05) is 12.4 Å². The van der Waals surface area contributed by atoms with E-state index in [-0.39, 0.29) is 39.0 Å². The van der Waals surface area contributed by atoms with E-state index in [0.717, 1.165) is 12.1 Å². The lowest BCUT2D eigenvalue weighted by Gasteiger charge is -2.07. The van der Waals surface area contributed by atoms with Crippen LogP contribution in [-0.2, 0) is 19.7 Å². The third-order valence-electron chi connectivity index (χ3n) is 4.23. The highest BCUT2D eigenvalue weighted by atomic mass is 32.2. The van der Waals surface area contributed by atoms with Gasteiger partial charge >= 0.3 is 5.51 Å². The maximum atomic E-state index is 12.8. The van der Waals surface area contributed by atoms with Gasteiger partial charge in [-0.1, -0.05) is 6.92 Å². The third-order valence-corrected chi connectivity index (χ3v) is 7.34. The molecular weight excluding hydrogens is 449 g/mol. The van der Waals surface area contributed by atoms with Crippen molar-refractivity contribution in [3.63, 3.8) is 0 Å². The molecule has 3 heterocycles. The lowest BCUT2D eigenvalue weighted by Crippen LogP contribution is -2.23. The number of aromatic nitrogens is 4. The Balaban J connectivity index is 1.98. The topological polar surface area (TPSA) is 124 Å². The first kappa shape index (κ1) is 20.3. The van der Waals surface area contributed by atoms with Crippen molar-refractivity contribution in [1.29, 1.82) is 0 Å². The molecule has 4 aromatic rings. The van der Waals surface area contributed by atoms with Crippen molar-refractivity contribution in [3.8, 4) is 11.5 Å². The third kappa shape index (κ3) is 3.02. The monoisotopic (exact) mass is 460 g/mol. The summed E-state index contributed by atoms with van der Waals surface area (Å²) in [5.41, 5.74) is -5.71. The van der Waals surface area contributed by atoms with Crippen molar-refractivity contribution in [1.82, 2.24) is 19.6 Å². The van der Waals surface area contributed by atoms with Crippen molar-refractivity contribution in [2.24, 2.45) is 0 Å². The summed E-state index contributed by atoms with van der Waals surface area (Å²) < 4.78 is 93.5. The fraction of sp³-hybridized carbons (Fsp3) is 0.188. The number of hydrogen-bond donors (Lipinski definition) is 0. The highest BCUT2D eigenvalue weighted by Crippen LogP contribution is 2.35. The Bertz CT molecular complexity index is 1500. The minimum absolute atomic E-state index is 0.0405. The molecule has 0 spiro atoms. The number of sulfone groups is 2. The molecular formula is C16H11F3N4O5S2. The Hall–Kier alpha value is -3.00. The van der Waals surface area contributed by atoms with E-state index >= 15 is 0 Å². The molecule has 158 valence electrons. The minimum Gasteiger partial charge on any atom is -0.436 e. The van der Waals surface area contributed by atoms with E-state index in [2.05, 4.69) is 15.1 Å². The molecule has 0 fully saturated rings. The van der Waals surface area contributed by atoms with Gasteiger partial charge in [0.25, 0.3) is 9.84 Å². The maximum Gasteiger partial charge on any atom is 0.501 e. The number of benzene rings is 1. The molecule has 4 rings (SSSR count). The molecule has 1 aromatic carbocycles. The Labute approximate surface area is 167 Å². The Morgan fingerprint density at radius 2 is 1.90 bits per heavy atom. The summed E-state index contributed by atoms with van der Waals surface area (Å²) in [6, 6.07) is 3.97. The number of alkyl halides is 3. The van der Waals surface area contributed by atoms with Gasteiger partial charge in [-0.3, -0.25) is 0 Å². The van der Waals surface area contributed by atoms with Crippen LogP contribution in [0.25, 0.3) is 28.2 Å². The SMILES string of the molecule is CCS(=O)(=O)c1nn2cccnc2c1-c1nc2cc(S(=O)(=O)C(F)(F)F)ccc2o1. The fourth-order valence-corrected chi connectivity index (χ4v) is 4.48. The van der Waals surface area contributed by atoms with Crippen LogP contribution in [0.2, 0.25) is 0 Å². The van der Waals surface area contributed by atoms with Gasteiger partial charge in [-0.2, -0.15) is 18.3 Å². The zero-order valence-corrected chi connectivity index (χ0v) is 16.6. The molecule has 0 saturated carbocycles. The summed E-state index contributed by atoms with van der Waals surface area (Å²) in [4.78, 5) is 7.08. The Morgan fingerprint density at radius 3 is 2.57 bits per heavy atom. The van der Waals surface area contributed by atoms with Crippen molar-refractivity contribution in [2.45, 2.75) is 22.4 Å². The second-order valence-corrected chi connectivity index (χ2v) is 10.2. The molecule has 0 unspecified atom stereocenters. The van der Waals surface area contributed by atoms with E-state index in [1.165, 1.54) is 29.9 Å². The van der Waals surface area contributed by atoms with Gasteiger partial charge < -0.3 is 4.42 Å². The molecule has 0 aliphatic rings. The standard InChI is InChI=1S/C16H11F3N4O5S2/c1-2-29(24,25)15-12(13-20-6-3-7-23(13)22-15)14-21-10-8-9(4-5-11(10)28-14)30(26,27)16(17,18)19/h3-8H,2H2,1H3. The molecule has 14 heteroatoms. The first-order valence-corrected chi connectivity index (χ1v) is 11.4. The van der Waals surface area contributed by atoms with Gasteiger partial charge in [0.2, 0.25) is 5.89 Å². The van der Waals surface area contributed by atoms with Gasteiger partial charge in [0.05, 0.1) is 10.6 Å². The van der Waals surface area contributed by atoms with Gasteiger partial charge in [-0.25, -0.2) is 31.3 Å². The van der Waals surface area contributed by atoms with Crippen LogP contribution in [0.5, 0.6) is 0 Å². The number of nitrogens with zero attached hydrogens (tertiary/aromatic N) is 4. The Morgan fingerprint density at radius 1 is 1.17 bits per heavy atom. The van der Waals surface area contributed by atoms with E-state index in [4.69, 9.17) is 4.42 Å². The van der Waals surface area contributed by atoms with Crippen LogP contribution in [0.4, 0.5) is 13.2 Å². The summed E-state index contributed by atoms with van der Waals surface area (Å²) in [6.07, 6.45) is 2.84. The molecule has 0 aliphatic carbocycles. The molecule has 9 nitrogen and oxygen atoms in total. The molecule has 0 aliphatic heterocycles. The van der Waals surface area contributed by atoms with E-state index in [1.807, 2.05) is 0 Å². The predicted octanol–water partition coefficient (Wildman–Crippen LogP) is 2.62. The second kappa shape index (κ2) is 6.50. The van der Waals surface area contributed by atoms with Crippen molar-refractivity contribution < 1.29 is 34.4 Å². The number of fused-ring (bicyclic) bond motifs is 2. The molecule has 0 radical (unpaired) electrons. The number of halogens is 3. The maximum absolute atomic E-state index is 12.8. The molecule has 0 amide bonds. The van der Waals surface area contributed by atoms with Crippen LogP contribution in [0.3, 0.4) is 0 Å². The number of hydrogen-bond acceptors (Lipinski definition) is 8. The van der Waals surface area contributed by atoms with Crippen LogP contribution < -0.4 is 0 Å². The summed E-state index contributed by atoms with van der Waals surface area (Å²) in [5.74, 6) is -0.551. The quantitative estimate of drug-likeness (QED) is 0.455. The van der Waals surface area contributed by atoms with Crippen molar-refractivity contribution >= 4 is 36.4 Å². The molecule has 3 aromatic heterocycles. The normalized spacial score (nSPS) is 13.3. The average molecular weight is 460 g/mol. The lowest BCUT2D eigenvalue weighted by molar-refractivity contribution is -0.0435. The number of oxazole rings is 1. The van der Waals surface area contributed by atoms with E-state index < -0.39 is 30.1 Å². The van der Waals surface area contributed by atoms with Crippen molar-refractivity contribution in [3.05, 3.63) is 36.7 Å². The Kier molecular flexibility index (Phi) is 4.39. The smallest absolute Gasteiger partial charge is 0.436 e. The highest BCUT2D eigenvalue weighted by molar-refractivity contribution is 7.92.